The van der Waals surface area contributed by atoms with Crippen molar-refractivity contribution in [1.29, 1.82) is 0 Å². The first kappa shape index (κ1) is 66.6. The zero-order chi connectivity index (χ0) is 51.3. The normalized spacial score (nSPS) is 15.0. The average Bonchev–Trinajstić information content (AvgIpc) is 3.32. The van der Waals surface area contributed by atoms with E-state index in [1.165, 1.54) is 70.6 Å². The predicted octanol–water partition coefficient (Wildman–Crippen LogP) is 16.8. The van der Waals surface area contributed by atoms with Crippen molar-refractivity contribution in [2.75, 3.05) is 40.9 Å². The van der Waals surface area contributed by atoms with Crippen molar-refractivity contribution in [3.8, 4) is 0 Å². The van der Waals surface area contributed by atoms with E-state index in [2.05, 4.69) is 141 Å². The summed E-state index contributed by atoms with van der Waals surface area (Å²) in [6.07, 6.45) is 76.9. The summed E-state index contributed by atoms with van der Waals surface area (Å²) in [5, 5.41) is 13.9. The Bertz CT molecular complexity index is 1590. The van der Waals surface area contributed by atoms with Gasteiger partial charge in [0.25, 0.3) is 0 Å². The first-order valence-electron chi connectivity index (χ1n) is 27.6. The van der Waals surface area contributed by atoms with Crippen molar-refractivity contribution in [2.45, 2.75) is 206 Å². The summed E-state index contributed by atoms with van der Waals surface area (Å²) in [7, 11) is 1.51. The summed E-state index contributed by atoms with van der Waals surface area (Å²) < 4.78 is 23.6. The Morgan fingerprint density at radius 2 is 0.871 bits per heavy atom. The van der Waals surface area contributed by atoms with Crippen LogP contribution in [0.15, 0.2) is 134 Å². The third-order valence-corrected chi connectivity index (χ3v) is 12.3. The molecule has 0 bridgehead atoms. The summed E-state index contributed by atoms with van der Waals surface area (Å²) in [5.74, 6) is -0.225. The van der Waals surface area contributed by atoms with Gasteiger partial charge in [-0.1, -0.05) is 218 Å². The number of carbonyl (C=O) groups excluding carboxylic acids is 1. The Labute approximate surface area is 430 Å². The Kier molecular flexibility index (Phi) is 48.1. The maximum Gasteiger partial charge on any atom is 0.472 e. The lowest BCUT2D eigenvalue weighted by atomic mass is 10.1. The molecule has 0 radical (unpaired) electrons. The highest BCUT2D eigenvalue weighted by Crippen LogP contribution is 2.43. The Balaban J connectivity index is 4.39. The van der Waals surface area contributed by atoms with Gasteiger partial charge in [0, 0.05) is 6.42 Å². The third-order valence-electron chi connectivity index (χ3n) is 11.4. The molecule has 0 aliphatic heterocycles. The average molecular weight is 992 g/mol. The molecule has 3 unspecified atom stereocenters. The number of amides is 1. The van der Waals surface area contributed by atoms with Crippen LogP contribution >= 0.6 is 7.82 Å². The van der Waals surface area contributed by atoms with Crippen LogP contribution in [0.25, 0.3) is 0 Å². The fraction of sp³-hybridized carbons (Fsp3) is 0.623. The molecule has 0 saturated carbocycles. The quantitative estimate of drug-likeness (QED) is 0.0243. The van der Waals surface area contributed by atoms with Crippen LogP contribution in [0.1, 0.15) is 194 Å². The molecule has 398 valence electrons. The van der Waals surface area contributed by atoms with Crippen LogP contribution in [-0.4, -0.2) is 73.4 Å². The van der Waals surface area contributed by atoms with Gasteiger partial charge in [0.15, 0.2) is 0 Å². The fourth-order valence-electron chi connectivity index (χ4n) is 7.05. The minimum atomic E-state index is -4.37. The van der Waals surface area contributed by atoms with Gasteiger partial charge >= 0.3 is 7.82 Å². The summed E-state index contributed by atoms with van der Waals surface area (Å²) in [6, 6.07) is -0.892. The van der Waals surface area contributed by atoms with Crippen LogP contribution in [0.2, 0.25) is 0 Å². The first-order chi connectivity index (χ1) is 34.0. The lowest BCUT2D eigenvalue weighted by Gasteiger charge is -2.25. The summed E-state index contributed by atoms with van der Waals surface area (Å²) in [4.78, 5) is 23.2. The molecule has 0 saturated heterocycles. The highest BCUT2D eigenvalue weighted by Gasteiger charge is 2.27. The molecule has 0 aliphatic rings. The van der Waals surface area contributed by atoms with Crippen LogP contribution in [0.3, 0.4) is 0 Å². The van der Waals surface area contributed by atoms with Gasteiger partial charge in [-0.05, 0) is 103 Å². The fourth-order valence-corrected chi connectivity index (χ4v) is 7.78. The van der Waals surface area contributed by atoms with Crippen molar-refractivity contribution >= 4 is 13.7 Å². The molecule has 0 rings (SSSR count). The van der Waals surface area contributed by atoms with E-state index < -0.39 is 20.0 Å². The summed E-state index contributed by atoms with van der Waals surface area (Å²) in [5.41, 5.74) is 0. The Morgan fingerprint density at radius 3 is 1.31 bits per heavy atom. The van der Waals surface area contributed by atoms with E-state index in [0.29, 0.717) is 23.9 Å². The maximum absolute atomic E-state index is 12.9. The molecule has 3 N–H and O–H groups in total. The number of unbranched alkanes of at least 4 members (excludes halogenated alkanes) is 15. The van der Waals surface area contributed by atoms with Gasteiger partial charge in [-0.15, -0.1) is 0 Å². The van der Waals surface area contributed by atoms with E-state index in [4.69, 9.17) is 9.05 Å². The van der Waals surface area contributed by atoms with E-state index in [-0.39, 0.29) is 19.1 Å². The molecular formula is C61H104N2O6P+. The zero-order valence-corrected chi connectivity index (χ0v) is 46.1. The summed E-state index contributed by atoms with van der Waals surface area (Å²) in [6.45, 7) is 4.63. The highest BCUT2D eigenvalue weighted by molar-refractivity contribution is 7.47. The third kappa shape index (κ3) is 52.5. The lowest BCUT2D eigenvalue weighted by Crippen LogP contribution is -2.45. The number of likely N-dealkylation sites (N-methyl/N-ethyl adjacent to an activating group) is 1. The topological polar surface area (TPSA) is 105 Å². The van der Waals surface area contributed by atoms with E-state index in [9.17, 15) is 19.4 Å². The zero-order valence-electron chi connectivity index (χ0n) is 45.2. The van der Waals surface area contributed by atoms with Crippen LogP contribution in [-0.2, 0) is 18.4 Å². The van der Waals surface area contributed by atoms with Crippen molar-refractivity contribution in [2.24, 2.45) is 0 Å². The SMILES string of the molecule is CC/C=C\C/C=C\C/C=C\C/C=C\C/C=C\C/C=C\C/C=C\C/C=C\C/C=C\CCCCCC(=O)NC(COP(=O)(O)OCC[N+](C)(C)C)C(O)/C=C/CC/C=C/CCCCCCCCCCCCC. The molecule has 9 heteroatoms. The number of nitrogens with one attached hydrogen (secondary N) is 1. The van der Waals surface area contributed by atoms with Crippen molar-refractivity contribution in [1.82, 2.24) is 5.32 Å². The number of nitrogens with zero attached hydrogens (tertiary/aromatic N) is 1. The second-order valence-electron chi connectivity index (χ2n) is 19.2. The number of quaternary nitrogens is 1. The minimum absolute atomic E-state index is 0.0415. The minimum Gasteiger partial charge on any atom is -0.387 e. The van der Waals surface area contributed by atoms with Crippen molar-refractivity contribution in [3.05, 3.63) is 134 Å². The van der Waals surface area contributed by atoms with E-state index in [1.54, 1.807) is 6.08 Å². The molecule has 0 heterocycles. The number of carbonyl (C=O) groups is 1. The Hall–Kier alpha value is -3.36. The van der Waals surface area contributed by atoms with E-state index in [0.717, 1.165) is 96.3 Å². The molecule has 3 atom stereocenters. The lowest BCUT2D eigenvalue weighted by molar-refractivity contribution is -0.870. The number of phosphoric acid groups is 1. The number of hydrogen-bond donors (Lipinski definition) is 3. The second kappa shape index (κ2) is 50.6. The van der Waals surface area contributed by atoms with Crippen molar-refractivity contribution in [3.63, 3.8) is 0 Å². The molecule has 0 spiro atoms. The van der Waals surface area contributed by atoms with Crippen molar-refractivity contribution < 1.29 is 32.9 Å². The molecule has 0 aliphatic carbocycles. The molecule has 0 aromatic heterocycles. The Morgan fingerprint density at radius 1 is 0.500 bits per heavy atom. The largest absolute Gasteiger partial charge is 0.472 e. The number of phosphoric ester groups is 1. The number of hydrogen-bond acceptors (Lipinski definition) is 5. The summed E-state index contributed by atoms with van der Waals surface area (Å²) >= 11 is 0. The van der Waals surface area contributed by atoms with Gasteiger partial charge in [-0.3, -0.25) is 13.8 Å². The molecule has 1 amide bonds. The van der Waals surface area contributed by atoms with Gasteiger partial charge in [0.05, 0.1) is 39.9 Å². The van der Waals surface area contributed by atoms with Crippen LogP contribution < -0.4 is 5.32 Å². The van der Waals surface area contributed by atoms with Gasteiger partial charge in [-0.2, -0.15) is 0 Å². The van der Waals surface area contributed by atoms with Crippen LogP contribution in [0, 0.1) is 0 Å². The standard InChI is InChI=1S/C61H103N2O6P/c1-6-8-10-12-14-16-18-20-22-24-25-26-27-28-29-30-31-32-33-34-35-36-37-39-41-43-45-47-49-51-53-55-61(65)62-59(58-69-70(66,67)68-57-56-63(3,4)5)60(64)54-52-50-48-46-44-42-40-38-23-21-19-17-15-13-11-9-7-2/h8,10,14,16,20,22,25-26,28-29,31-32,34-35,37,39,43-46,52,54,59-60,64H,6-7,9,11-13,15,17-19,21,23-24,27,30,33,36,38,40-42,47-51,53,55-58H2,1-5H3,(H-,62,65,66,67)/p+1/b10-8-,16-14-,22-20-,26-25-,29-28-,32-31-,35-34-,39-37-,45-43-,46-44+,54-52+. The molecule has 0 fully saturated rings. The molecular weight excluding hydrogens is 888 g/mol. The van der Waals surface area contributed by atoms with Gasteiger partial charge in [-0.25, -0.2) is 4.57 Å². The van der Waals surface area contributed by atoms with Crippen LogP contribution in [0.5, 0.6) is 0 Å². The van der Waals surface area contributed by atoms with Gasteiger partial charge < -0.3 is 19.8 Å². The smallest absolute Gasteiger partial charge is 0.387 e. The van der Waals surface area contributed by atoms with Crippen LogP contribution in [0.4, 0.5) is 0 Å². The van der Waals surface area contributed by atoms with E-state index in [1.807, 2.05) is 27.2 Å². The van der Waals surface area contributed by atoms with Gasteiger partial charge in [0.2, 0.25) is 5.91 Å². The monoisotopic (exact) mass is 992 g/mol. The van der Waals surface area contributed by atoms with Gasteiger partial charge in [0.1, 0.15) is 13.2 Å². The highest BCUT2D eigenvalue weighted by atomic mass is 31.2. The number of allylic oxidation sites excluding steroid dienone is 21. The number of aliphatic hydroxyl groups is 1. The molecule has 70 heavy (non-hydrogen) atoms. The second-order valence-corrected chi connectivity index (χ2v) is 20.7. The maximum atomic E-state index is 12.9. The molecule has 0 aromatic rings. The van der Waals surface area contributed by atoms with E-state index >= 15 is 0 Å². The molecule has 8 nitrogen and oxygen atoms in total. The number of aliphatic hydroxyl groups excluding tert-OH is 1. The predicted molar refractivity (Wildman–Crippen MR) is 304 cm³/mol. The molecule has 0 aromatic carbocycles. The number of rotatable bonds is 48. The first-order valence-corrected chi connectivity index (χ1v) is 29.1.